The molecule has 1 unspecified atom stereocenters. The molecule has 1 amide bonds. The van der Waals surface area contributed by atoms with Gasteiger partial charge in [0.15, 0.2) is 0 Å². The van der Waals surface area contributed by atoms with Crippen molar-refractivity contribution in [3.8, 4) is 0 Å². The highest BCUT2D eigenvalue weighted by atomic mass is 32.2. The van der Waals surface area contributed by atoms with Crippen LogP contribution in [0.3, 0.4) is 0 Å². The van der Waals surface area contributed by atoms with Gasteiger partial charge in [-0.25, -0.2) is 4.98 Å². The number of carbonyl (C=O) groups excluding carboxylic acids is 1. The third kappa shape index (κ3) is 3.59. The molecule has 1 atom stereocenters. The first-order valence-electron chi connectivity index (χ1n) is 6.21. The topological polar surface area (TPSA) is 62.2 Å². The number of aliphatic hydroxyl groups excluding tert-OH is 1. The monoisotopic (exact) mass is 288 g/mol. The molecule has 1 heterocycles. The second kappa shape index (κ2) is 7.07. The van der Waals surface area contributed by atoms with Crippen molar-refractivity contribution in [3.63, 3.8) is 0 Å². The fourth-order valence-electron chi connectivity index (χ4n) is 1.82. The van der Waals surface area contributed by atoms with Crippen molar-refractivity contribution in [2.45, 2.75) is 11.1 Å². The van der Waals surface area contributed by atoms with Crippen LogP contribution in [0.4, 0.5) is 0 Å². The lowest BCUT2D eigenvalue weighted by Gasteiger charge is -2.16. The summed E-state index contributed by atoms with van der Waals surface area (Å²) < 4.78 is 0. The number of aliphatic hydroxyl groups is 1. The highest BCUT2D eigenvalue weighted by Gasteiger charge is 2.15. The Morgan fingerprint density at radius 3 is 2.75 bits per heavy atom. The molecule has 0 radical (unpaired) electrons. The molecule has 1 aromatic carbocycles. The molecule has 104 valence electrons. The number of hydrogen-bond donors (Lipinski definition) is 2. The summed E-state index contributed by atoms with van der Waals surface area (Å²) in [5.74, 6) is -0.217. The van der Waals surface area contributed by atoms with Crippen LogP contribution in [0.25, 0.3) is 0 Å². The van der Waals surface area contributed by atoms with Crippen LogP contribution in [0, 0.1) is 0 Å². The Labute approximate surface area is 122 Å². The van der Waals surface area contributed by atoms with E-state index in [1.807, 2.05) is 36.6 Å². The fourth-order valence-corrected chi connectivity index (χ4v) is 2.23. The Hall–Kier alpha value is -1.85. The van der Waals surface area contributed by atoms with Gasteiger partial charge in [-0.05, 0) is 24.0 Å². The summed E-state index contributed by atoms with van der Waals surface area (Å²) in [5.41, 5.74) is 1.42. The molecule has 20 heavy (non-hydrogen) atoms. The minimum atomic E-state index is -0.408. The molecule has 2 aromatic rings. The Kier molecular flexibility index (Phi) is 5.15. The fraction of sp³-hybridized carbons (Fsp3) is 0.200. The van der Waals surface area contributed by atoms with E-state index in [9.17, 15) is 9.90 Å². The molecule has 0 aliphatic heterocycles. The van der Waals surface area contributed by atoms with Gasteiger partial charge in [0.2, 0.25) is 0 Å². The minimum absolute atomic E-state index is 0.143. The zero-order valence-electron chi connectivity index (χ0n) is 11.1. The van der Waals surface area contributed by atoms with Crippen molar-refractivity contribution in [3.05, 3.63) is 59.8 Å². The van der Waals surface area contributed by atoms with Gasteiger partial charge in [0.1, 0.15) is 0 Å². The Morgan fingerprint density at radius 1 is 1.35 bits per heavy atom. The van der Waals surface area contributed by atoms with Gasteiger partial charge < -0.3 is 10.4 Å². The molecule has 2 rings (SSSR count). The number of amides is 1. The lowest BCUT2D eigenvalue weighted by Crippen LogP contribution is -2.30. The summed E-state index contributed by atoms with van der Waals surface area (Å²) >= 11 is 1.48. The van der Waals surface area contributed by atoms with E-state index in [2.05, 4.69) is 10.3 Å². The summed E-state index contributed by atoms with van der Waals surface area (Å²) in [7, 11) is 0. The van der Waals surface area contributed by atoms with Gasteiger partial charge in [0.05, 0.1) is 17.7 Å². The van der Waals surface area contributed by atoms with Gasteiger partial charge in [-0.3, -0.25) is 4.79 Å². The summed E-state index contributed by atoms with van der Waals surface area (Å²) in [6, 6.07) is 12.4. The van der Waals surface area contributed by atoms with E-state index in [0.717, 1.165) is 10.6 Å². The van der Waals surface area contributed by atoms with Crippen molar-refractivity contribution in [2.75, 3.05) is 12.9 Å². The maximum absolute atomic E-state index is 12.2. The number of pyridine rings is 1. The summed E-state index contributed by atoms with van der Waals surface area (Å²) in [4.78, 5) is 16.3. The third-order valence-corrected chi connectivity index (χ3v) is 3.54. The van der Waals surface area contributed by atoms with E-state index < -0.39 is 6.04 Å². The van der Waals surface area contributed by atoms with Crippen LogP contribution < -0.4 is 5.32 Å². The Balaban J connectivity index is 2.13. The van der Waals surface area contributed by atoms with Crippen LogP contribution in [0.2, 0.25) is 0 Å². The van der Waals surface area contributed by atoms with Crippen molar-refractivity contribution in [1.29, 1.82) is 0 Å². The normalized spacial score (nSPS) is 11.9. The molecule has 0 aliphatic rings. The standard InChI is InChI=1S/C15H16N2O2S/c1-20-14-9-12(7-8-16-14)15(19)17-13(10-18)11-5-3-2-4-6-11/h2-9,13,18H,10H2,1H3,(H,17,19). The van der Waals surface area contributed by atoms with Crippen LogP contribution in [-0.2, 0) is 0 Å². The average Bonchev–Trinajstić information content (AvgIpc) is 2.53. The van der Waals surface area contributed by atoms with Crippen LogP contribution in [0.5, 0.6) is 0 Å². The molecular formula is C15H16N2O2S. The van der Waals surface area contributed by atoms with Gasteiger partial charge in [-0.1, -0.05) is 30.3 Å². The predicted molar refractivity (Wildman–Crippen MR) is 79.8 cm³/mol. The quantitative estimate of drug-likeness (QED) is 0.829. The Bertz CT molecular complexity index is 575. The number of rotatable bonds is 5. The van der Waals surface area contributed by atoms with Gasteiger partial charge in [0, 0.05) is 11.8 Å². The van der Waals surface area contributed by atoms with Crippen molar-refractivity contribution < 1.29 is 9.90 Å². The van der Waals surface area contributed by atoms with E-state index in [-0.39, 0.29) is 12.5 Å². The molecule has 2 N–H and O–H groups in total. The number of nitrogens with one attached hydrogen (secondary N) is 1. The van der Waals surface area contributed by atoms with E-state index in [4.69, 9.17) is 0 Å². The van der Waals surface area contributed by atoms with Gasteiger partial charge >= 0.3 is 0 Å². The summed E-state index contributed by atoms with van der Waals surface area (Å²) in [6.07, 6.45) is 3.52. The van der Waals surface area contributed by atoms with Gasteiger partial charge in [-0.15, -0.1) is 11.8 Å². The lowest BCUT2D eigenvalue weighted by molar-refractivity contribution is 0.0916. The molecule has 0 saturated carbocycles. The molecule has 5 heteroatoms. The zero-order chi connectivity index (χ0) is 14.4. The maximum Gasteiger partial charge on any atom is 0.251 e. The zero-order valence-corrected chi connectivity index (χ0v) is 11.9. The first-order valence-corrected chi connectivity index (χ1v) is 7.43. The average molecular weight is 288 g/mol. The Morgan fingerprint density at radius 2 is 2.10 bits per heavy atom. The first-order chi connectivity index (χ1) is 9.74. The molecule has 0 saturated heterocycles. The highest BCUT2D eigenvalue weighted by Crippen LogP contribution is 2.15. The molecular weight excluding hydrogens is 272 g/mol. The first kappa shape index (κ1) is 14.6. The maximum atomic E-state index is 12.2. The van der Waals surface area contributed by atoms with E-state index in [1.165, 1.54) is 11.8 Å². The van der Waals surface area contributed by atoms with E-state index in [1.54, 1.807) is 18.3 Å². The molecule has 1 aromatic heterocycles. The number of aromatic nitrogens is 1. The molecule has 0 spiro atoms. The lowest BCUT2D eigenvalue weighted by atomic mass is 10.1. The van der Waals surface area contributed by atoms with Crippen molar-refractivity contribution >= 4 is 17.7 Å². The van der Waals surface area contributed by atoms with Crippen LogP contribution in [-0.4, -0.2) is 28.9 Å². The number of benzene rings is 1. The molecule has 0 bridgehead atoms. The van der Waals surface area contributed by atoms with Crippen molar-refractivity contribution in [2.24, 2.45) is 0 Å². The highest BCUT2D eigenvalue weighted by molar-refractivity contribution is 7.98. The second-order valence-electron chi connectivity index (χ2n) is 4.21. The van der Waals surface area contributed by atoms with E-state index >= 15 is 0 Å². The number of carbonyl (C=O) groups is 1. The van der Waals surface area contributed by atoms with E-state index in [0.29, 0.717) is 5.56 Å². The smallest absolute Gasteiger partial charge is 0.251 e. The SMILES string of the molecule is CSc1cc(C(=O)NC(CO)c2ccccc2)ccn1. The van der Waals surface area contributed by atoms with Crippen LogP contribution >= 0.6 is 11.8 Å². The summed E-state index contributed by atoms with van der Waals surface area (Å²) in [6.45, 7) is -0.143. The molecule has 4 nitrogen and oxygen atoms in total. The molecule has 0 fully saturated rings. The largest absolute Gasteiger partial charge is 0.394 e. The third-order valence-electron chi connectivity index (χ3n) is 2.90. The molecule has 0 aliphatic carbocycles. The number of thioether (sulfide) groups is 1. The predicted octanol–water partition coefficient (Wildman–Crippen LogP) is 2.27. The van der Waals surface area contributed by atoms with Crippen molar-refractivity contribution in [1.82, 2.24) is 10.3 Å². The van der Waals surface area contributed by atoms with Gasteiger partial charge in [-0.2, -0.15) is 0 Å². The van der Waals surface area contributed by atoms with Crippen LogP contribution in [0.1, 0.15) is 22.0 Å². The number of hydrogen-bond acceptors (Lipinski definition) is 4. The number of nitrogens with zero attached hydrogens (tertiary/aromatic N) is 1. The van der Waals surface area contributed by atoms with Gasteiger partial charge in [0.25, 0.3) is 5.91 Å². The second-order valence-corrected chi connectivity index (χ2v) is 5.03. The van der Waals surface area contributed by atoms with Crippen LogP contribution in [0.15, 0.2) is 53.7 Å². The summed E-state index contributed by atoms with van der Waals surface area (Å²) in [5, 5.41) is 13.1. The minimum Gasteiger partial charge on any atom is -0.394 e.